The van der Waals surface area contributed by atoms with Crippen molar-refractivity contribution in [1.82, 2.24) is 34.6 Å². The summed E-state index contributed by atoms with van der Waals surface area (Å²) in [7, 11) is 1.92. The van der Waals surface area contributed by atoms with Gasteiger partial charge in [-0.3, -0.25) is 14.4 Å². The summed E-state index contributed by atoms with van der Waals surface area (Å²) in [5, 5.41) is 4.38. The number of hydrogen-bond acceptors (Lipinski definition) is 6. The van der Waals surface area contributed by atoms with Gasteiger partial charge < -0.3 is 4.98 Å². The average Bonchev–Trinajstić information content (AvgIpc) is 2.93. The summed E-state index contributed by atoms with van der Waals surface area (Å²) < 4.78 is 1.82. The predicted octanol–water partition coefficient (Wildman–Crippen LogP) is 0.827. The molecule has 4 heterocycles. The first-order valence-corrected chi connectivity index (χ1v) is 8.19. The minimum Gasteiger partial charge on any atom is -0.306 e. The van der Waals surface area contributed by atoms with Crippen molar-refractivity contribution >= 4 is 0 Å². The molecule has 8 nitrogen and oxygen atoms in total. The molecule has 1 aliphatic rings. The molecule has 1 aliphatic heterocycles. The van der Waals surface area contributed by atoms with Crippen LogP contribution in [0, 0.1) is 6.92 Å². The Morgan fingerprint density at radius 2 is 2.08 bits per heavy atom. The maximum Gasteiger partial charge on any atom is 0.255 e. The van der Waals surface area contributed by atoms with Gasteiger partial charge >= 0.3 is 0 Å². The Labute approximate surface area is 144 Å². The van der Waals surface area contributed by atoms with Gasteiger partial charge in [-0.25, -0.2) is 15.0 Å². The van der Waals surface area contributed by atoms with Crippen molar-refractivity contribution in [2.75, 3.05) is 6.54 Å². The smallest absolute Gasteiger partial charge is 0.255 e. The number of aromatic nitrogens is 6. The summed E-state index contributed by atoms with van der Waals surface area (Å²) in [5.74, 6) is 0.529. The van der Waals surface area contributed by atoms with Crippen molar-refractivity contribution in [3.8, 4) is 11.4 Å². The van der Waals surface area contributed by atoms with Crippen LogP contribution in [0.4, 0.5) is 0 Å². The number of aromatic amines is 1. The molecule has 4 rings (SSSR count). The molecule has 0 bridgehead atoms. The monoisotopic (exact) mass is 337 g/mol. The van der Waals surface area contributed by atoms with Gasteiger partial charge in [0.15, 0.2) is 0 Å². The van der Waals surface area contributed by atoms with E-state index in [2.05, 4.69) is 29.9 Å². The molecule has 0 aromatic carbocycles. The van der Waals surface area contributed by atoms with E-state index in [0.29, 0.717) is 12.4 Å². The van der Waals surface area contributed by atoms with E-state index in [4.69, 9.17) is 0 Å². The molecule has 0 amide bonds. The Morgan fingerprint density at radius 3 is 2.80 bits per heavy atom. The Balaban J connectivity index is 1.59. The van der Waals surface area contributed by atoms with Gasteiger partial charge in [-0.2, -0.15) is 5.10 Å². The third-order valence-corrected chi connectivity index (χ3v) is 4.49. The van der Waals surface area contributed by atoms with Crippen LogP contribution in [0.1, 0.15) is 22.5 Å². The van der Waals surface area contributed by atoms with E-state index in [1.54, 1.807) is 12.4 Å². The molecule has 0 unspecified atom stereocenters. The van der Waals surface area contributed by atoms with Crippen molar-refractivity contribution < 1.29 is 0 Å². The Morgan fingerprint density at radius 1 is 1.28 bits per heavy atom. The van der Waals surface area contributed by atoms with Gasteiger partial charge in [0.2, 0.25) is 0 Å². The molecule has 0 fully saturated rings. The van der Waals surface area contributed by atoms with Crippen LogP contribution in [0.15, 0.2) is 29.7 Å². The molecule has 0 saturated carbocycles. The minimum absolute atomic E-state index is 0.0866. The van der Waals surface area contributed by atoms with E-state index in [9.17, 15) is 4.79 Å². The molecule has 25 heavy (non-hydrogen) atoms. The van der Waals surface area contributed by atoms with E-state index in [1.807, 2.05) is 24.9 Å². The number of H-pyrrole nitrogens is 1. The molecule has 0 aliphatic carbocycles. The Kier molecular flexibility index (Phi) is 3.89. The quantitative estimate of drug-likeness (QED) is 0.761. The van der Waals surface area contributed by atoms with Gasteiger partial charge in [0.1, 0.15) is 12.2 Å². The van der Waals surface area contributed by atoms with E-state index >= 15 is 0 Å². The minimum atomic E-state index is -0.0866. The van der Waals surface area contributed by atoms with E-state index < -0.39 is 0 Å². The topological polar surface area (TPSA) is 92.6 Å². The molecule has 8 heteroatoms. The van der Waals surface area contributed by atoms with Crippen molar-refractivity contribution in [2.24, 2.45) is 7.05 Å². The van der Waals surface area contributed by atoms with Crippen LogP contribution >= 0.6 is 0 Å². The van der Waals surface area contributed by atoms with Crippen LogP contribution in [0.5, 0.6) is 0 Å². The molecule has 1 N–H and O–H groups in total. The lowest BCUT2D eigenvalue weighted by molar-refractivity contribution is 0.241. The lowest BCUT2D eigenvalue weighted by atomic mass is 10.1. The Bertz CT molecular complexity index is 961. The largest absolute Gasteiger partial charge is 0.306 e. The highest BCUT2D eigenvalue weighted by Gasteiger charge is 2.22. The van der Waals surface area contributed by atoms with Gasteiger partial charge in [-0.05, 0) is 6.92 Å². The molecular formula is C17H19N7O. The number of aryl methyl sites for hydroxylation is 2. The zero-order valence-electron chi connectivity index (χ0n) is 14.2. The van der Waals surface area contributed by atoms with Crippen LogP contribution in [0.25, 0.3) is 11.4 Å². The van der Waals surface area contributed by atoms with Crippen LogP contribution in [0.2, 0.25) is 0 Å². The Hall–Kier alpha value is -2.87. The zero-order chi connectivity index (χ0) is 17.4. The SMILES string of the molecule is Cc1nn(C)cc1CN1CCc2nc(-c3cncnc3)[nH]c(=O)c2C1. The number of hydrogen-bond donors (Lipinski definition) is 1. The highest BCUT2D eigenvalue weighted by atomic mass is 16.1. The summed E-state index contributed by atoms with van der Waals surface area (Å²) in [6.45, 7) is 4.25. The second kappa shape index (κ2) is 6.21. The first-order chi connectivity index (χ1) is 12.1. The second-order valence-electron chi connectivity index (χ2n) is 6.34. The number of rotatable bonds is 3. The fraction of sp³-hybridized carbons (Fsp3) is 0.353. The van der Waals surface area contributed by atoms with Gasteiger partial charge in [-0.15, -0.1) is 0 Å². The highest BCUT2D eigenvalue weighted by Crippen LogP contribution is 2.19. The van der Waals surface area contributed by atoms with E-state index in [1.165, 1.54) is 11.9 Å². The van der Waals surface area contributed by atoms with E-state index in [0.717, 1.165) is 42.0 Å². The second-order valence-corrected chi connectivity index (χ2v) is 6.34. The maximum absolute atomic E-state index is 12.5. The maximum atomic E-state index is 12.5. The summed E-state index contributed by atoms with van der Waals surface area (Å²) >= 11 is 0. The van der Waals surface area contributed by atoms with Crippen molar-refractivity contribution in [3.63, 3.8) is 0 Å². The van der Waals surface area contributed by atoms with Crippen LogP contribution in [-0.4, -0.2) is 41.2 Å². The highest BCUT2D eigenvalue weighted by molar-refractivity contribution is 5.52. The number of nitrogens with zero attached hydrogens (tertiary/aromatic N) is 6. The number of nitrogens with one attached hydrogen (secondary N) is 1. The van der Waals surface area contributed by atoms with Crippen LogP contribution in [-0.2, 0) is 26.6 Å². The van der Waals surface area contributed by atoms with Gasteiger partial charge in [0.05, 0.1) is 22.5 Å². The zero-order valence-corrected chi connectivity index (χ0v) is 14.2. The third-order valence-electron chi connectivity index (χ3n) is 4.49. The summed E-state index contributed by atoms with van der Waals surface area (Å²) in [4.78, 5) is 30.3. The first kappa shape index (κ1) is 15.6. The predicted molar refractivity (Wildman–Crippen MR) is 91.6 cm³/mol. The van der Waals surface area contributed by atoms with Gasteiger partial charge in [0, 0.05) is 57.3 Å². The lowest BCUT2D eigenvalue weighted by Crippen LogP contribution is -2.35. The third kappa shape index (κ3) is 3.08. The normalized spacial score (nSPS) is 14.5. The van der Waals surface area contributed by atoms with Gasteiger partial charge in [0.25, 0.3) is 5.56 Å². The molecule has 0 atom stereocenters. The van der Waals surface area contributed by atoms with Crippen LogP contribution < -0.4 is 5.56 Å². The standard InChI is InChI=1S/C17H19N7O/c1-11-13(7-23(2)22-11)8-24-4-3-15-14(9-24)17(25)21-16(20-15)12-5-18-10-19-6-12/h5-7,10H,3-4,8-9H2,1-2H3,(H,20,21,25). The summed E-state index contributed by atoms with van der Waals surface area (Å²) in [5.41, 5.74) is 4.45. The van der Waals surface area contributed by atoms with E-state index in [-0.39, 0.29) is 5.56 Å². The summed E-state index contributed by atoms with van der Waals surface area (Å²) in [6.07, 6.45) is 7.54. The first-order valence-electron chi connectivity index (χ1n) is 8.19. The number of fused-ring (bicyclic) bond motifs is 1. The van der Waals surface area contributed by atoms with Crippen LogP contribution in [0.3, 0.4) is 0 Å². The molecule has 128 valence electrons. The molecule has 0 radical (unpaired) electrons. The molecule has 3 aromatic heterocycles. The molecule has 3 aromatic rings. The van der Waals surface area contributed by atoms with Gasteiger partial charge in [-0.1, -0.05) is 0 Å². The van der Waals surface area contributed by atoms with Crippen molar-refractivity contribution in [2.45, 2.75) is 26.4 Å². The van der Waals surface area contributed by atoms with Crippen molar-refractivity contribution in [3.05, 3.63) is 57.8 Å². The average molecular weight is 337 g/mol. The fourth-order valence-corrected chi connectivity index (χ4v) is 3.22. The van der Waals surface area contributed by atoms with Crippen molar-refractivity contribution in [1.29, 1.82) is 0 Å². The lowest BCUT2D eigenvalue weighted by Gasteiger charge is -2.27. The summed E-state index contributed by atoms with van der Waals surface area (Å²) in [6, 6.07) is 0. The molecule has 0 spiro atoms. The molecular weight excluding hydrogens is 318 g/mol. The molecule has 0 saturated heterocycles. The fourth-order valence-electron chi connectivity index (χ4n) is 3.22.